The summed E-state index contributed by atoms with van der Waals surface area (Å²) in [5.41, 5.74) is 1.61. The summed E-state index contributed by atoms with van der Waals surface area (Å²) in [6.07, 6.45) is 2.92. The lowest BCUT2D eigenvalue weighted by Gasteiger charge is -2.08. The summed E-state index contributed by atoms with van der Waals surface area (Å²) in [7, 11) is 0. The summed E-state index contributed by atoms with van der Waals surface area (Å²) in [5.74, 6) is -0.350. The van der Waals surface area contributed by atoms with Gasteiger partial charge in [0.15, 0.2) is 0 Å². The van der Waals surface area contributed by atoms with Gasteiger partial charge in [-0.15, -0.1) is 0 Å². The number of amides is 3. The monoisotopic (exact) mass is 378 g/mol. The number of nitrogens with zero attached hydrogens (tertiary/aromatic N) is 1. The first-order valence-corrected chi connectivity index (χ1v) is 8.47. The molecule has 3 aromatic rings. The van der Waals surface area contributed by atoms with Crippen molar-refractivity contribution in [1.29, 1.82) is 0 Å². The van der Waals surface area contributed by atoms with Crippen LogP contribution in [0.5, 0.6) is 0 Å². The van der Waals surface area contributed by atoms with Gasteiger partial charge < -0.3 is 20.4 Å². The highest BCUT2D eigenvalue weighted by Gasteiger charge is 2.12. The first-order chi connectivity index (χ1) is 13.5. The van der Waals surface area contributed by atoms with Crippen LogP contribution in [-0.4, -0.2) is 22.7 Å². The zero-order valence-electron chi connectivity index (χ0n) is 15.1. The number of hydrogen-bond donors (Lipinski definition) is 3. The highest BCUT2D eigenvalue weighted by molar-refractivity contribution is 6.05. The molecule has 0 aliphatic rings. The SMILES string of the molecule is CC(=O)Nc1ccc(NC(=O)c2ccnc(C(=O)NCc3ccco3)c2)cc1. The summed E-state index contributed by atoms with van der Waals surface area (Å²) in [5, 5.41) is 8.06. The maximum absolute atomic E-state index is 12.4. The molecule has 0 aliphatic heterocycles. The van der Waals surface area contributed by atoms with Crippen LogP contribution in [0.2, 0.25) is 0 Å². The molecule has 0 spiro atoms. The molecule has 3 amide bonds. The van der Waals surface area contributed by atoms with E-state index in [1.807, 2.05) is 0 Å². The molecular weight excluding hydrogens is 360 g/mol. The molecule has 0 aliphatic carbocycles. The second kappa shape index (κ2) is 8.63. The molecule has 3 N–H and O–H groups in total. The number of pyridine rings is 1. The zero-order chi connectivity index (χ0) is 19.9. The Morgan fingerprint density at radius 2 is 1.68 bits per heavy atom. The Morgan fingerprint density at radius 1 is 0.964 bits per heavy atom. The molecule has 0 fully saturated rings. The van der Waals surface area contributed by atoms with Gasteiger partial charge in [-0.3, -0.25) is 19.4 Å². The molecule has 2 heterocycles. The fourth-order valence-corrected chi connectivity index (χ4v) is 2.41. The van der Waals surface area contributed by atoms with Gasteiger partial charge in [0.2, 0.25) is 5.91 Å². The van der Waals surface area contributed by atoms with Crippen LogP contribution >= 0.6 is 0 Å². The molecule has 142 valence electrons. The third-order valence-electron chi connectivity index (χ3n) is 3.72. The number of rotatable bonds is 6. The number of aromatic nitrogens is 1. The van der Waals surface area contributed by atoms with Gasteiger partial charge in [0.05, 0.1) is 12.8 Å². The molecule has 2 aromatic heterocycles. The number of nitrogens with one attached hydrogen (secondary N) is 3. The summed E-state index contributed by atoms with van der Waals surface area (Å²) in [6, 6.07) is 13.1. The largest absolute Gasteiger partial charge is 0.467 e. The fraction of sp³-hybridized carbons (Fsp3) is 0.100. The van der Waals surface area contributed by atoms with Crippen LogP contribution in [0.1, 0.15) is 33.5 Å². The van der Waals surface area contributed by atoms with Crippen molar-refractivity contribution in [1.82, 2.24) is 10.3 Å². The minimum absolute atomic E-state index is 0.125. The average Bonchev–Trinajstić information content (AvgIpc) is 3.21. The highest BCUT2D eigenvalue weighted by atomic mass is 16.3. The van der Waals surface area contributed by atoms with Crippen molar-refractivity contribution < 1.29 is 18.8 Å². The van der Waals surface area contributed by atoms with E-state index in [-0.39, 0.29) is 24.1 Å². The maximum Gasteiger partial charge on any atom is 0.270 e. The second-order valence-electron chi connectivity index (χ2n) is 5.90. The molecule has 8 heteroatoms. The smallest absolute Gasteiger partial charge is 0.270 e. The highest BCUT2D eigenvalue weighted by Crippen LogP contribution is 2.15. The van der Waals surface area contributed by atoms with Crippen molar-refractivity contribution in [3.8, 4) is 0 Å². The molecule has 0 saturated carbocycles. The Hall–Kier alpha value is -3.94. The van der Waals surface area contributed by atoms with Crippen molar-refractivity contribution >= 4 is 29.1 Å². The predicted octanol–water partition coefficient (Wildman–Crippen LogP) is 2.82. The standard InChI is InChI=1S/C20H18N4O4/c1-13(25)23-15-4-6-16(7-5-15)24-19(26)14-8-9-21-18(11-14)20(27)22-12-17-3-2-10-28-17/h2-11H,12H2,1H3,(H,22,27)(H,23,25)(H,24,26). The van der Waals surface area contributed by atoms with Crippen LogP contribution in [0.25, 0.3) is 0 Å². The maximum atomic E-state index is 12.4. The molecule has 3 rings (SSSR count). The first-order valence-electron chi connectivity index (χ1n) is 8.47. The van der Waals surface area contributed by atoms with Gasteiger partial charge in [-0.25, -0.2) is 0 Å². The molecule has 0 bridgehead atoms. The summed E-state index contributed by atoms with van der Waals surface area (Å²) < 4.78 is 5.16. The van der Waals surface area contributed by atoms with E-state index in [0.29, 0.717) is 22.7 Å². The van der Waals surface area contributed by atoms with E-state index in [1.165, 1.54) is 31.5 Å². The fourth-order valence-electron chi connectivity index (χ4n) is 2.41. The minimum atomic E-state index is -0.411. The van der Waals surface area contributed by atoms with Gasteiger partial charge in [0.25, 0.3) is 11.8 Å². The third-order valence-corrected chi connectivity index (χ3v) is 3.72. The number of benzene rings is 1. The van der Waals surface area contributed by atoms with Crippen LogP contribution < -0.4 is 16.0 Å². The molecule has 0 saturated heterocycles. The van der Waals surface area contributed by atoms with Gasteiger partial charge in [0, 0.05) is 30.1 Å². The Labute approximate surface area is 161 Å². The van der Waals surface area contributed by atoms with E-state index in [2.05, 4.69) is 20.9 Å². The minimum Gasteiger partial charge on any atom is -0.467 e. The molecule has 0 radical (unpaired) electrons. The van der Waals surface area contributed by atoms with Crippen molar-refractivity contribution in [3.63, 3.8) is 0 Å². The topological polar surface area (TPSA) is 113 Å². The van der Waals surface area contributed by atoms with E-state index in [1.54, 1.807) is 36.4 Å². The van der Waals surface area contributed by atoms with Gasteiger partial charge in [-0.05, 0) is 48.5 Å². The van der Waals surface area contributed by atoms with Crippen molar-refractivity contribution in [2.45, 2.75) is 13.5 Å². The lowest BCUT2D eigenvalue weighted by molar-refractivity contribution is -0.114. The third kappa shape index (κ3) is 5.04. The Balaban J connectivity index is 1.63. The van der Waals surface area contributed by atoms with Gasteiger partial charge in [0.1, 0.15) is 11.5 Å². The predicted molar refractivity (Wildman–Crippen MR) is 103 cm³/mol. The molecule has 28 heavy (non-hydrogen) atoms. The Morgan fingerprint density at radius 3 is 2.32 bits per heavy atom. The van der Waals surface area contributed by atoms with Crippen molar-refractivity contribution in [2.24, 2.45) is 0 Å². The van der Waals surface area contributed by atoms with Crippen LogP contribution in [0, 0.1) is 0 Å². The number of furan rings is 1. The van der Waals surface area contributed by atoms with E-state index >= 15 is 0 Å². The van der Waals surface area contributed by atoms with Crippen LogP contribution in [0.4, 0.5) is 11.4 Å². The van der Waals surface area contributed by atoms with Crippen LogP contribution in [-0.2, 0) is 11.3 Å². The summed E-state index contributed by atoms with van der Waals surface area (Å²) >= 11 is 0. The summed E-state index contributed by atoms with van der Waals surface area (Å²) in [4.78, 5) is 39.7. The van der Waals surface area contributed by atoms with Crippen molar-refractivity contribution in [2.75, 3.05) is 10.6 Å². The number of carbonyl (C=O) groups excluding carboxylic acids is 3. The first kappa shape index (κ1) is 18.8. The number of hydrogen-bond acceptors (Lipinski definition) is 5. The van der Waals surface area contributed by atoms with E-state index in [0.717, 1.165) is 0 Å². The molecule has 0 atom stereocenters. The summed E-state index contributed by atoms with van der Waals surface area (Å²) in [6.45, 7) is 1.64. The molecular formula is C20H18N4O4. The molecule has 1 aromatic carbocycles. The van der Waals surface area contributed by atoms with E-state index < -0.39 is 5.91 Å². The van der Waals surface area contributed by atoms with Gasteiger partial charge in [-0.2, -0.15) is 0 Å². The quantitative estimate of drug-likeness (QED) is 0.610. The normalized spacial score (nSPS) is 10.2. The van der Waals surface area contributed by atoms with E-state index in [4.69, 9.17) is 4.42 Å². The Kier molecular flexibility index (Phi) is 5.81. The zero-order valence-corrected chi connectivity index (χ0v) is 15.1. The number of carbonyl (C=O) groups is 3. The lowest BCUT2D eigenvalue weighted by Crippen LogP contribution is -2.24. The van der Waals surface area contributed by atoms with Crippen molar-refractivity contribution in [3.05, 3.63) is 78.0 Å². The van der Waals surface area contributed by atoms with Crippen LogP contribution in [0.3, 0.4) is 0 Å². The molecule has 8 nitrogen and oxygen atoms in total. The van der Waals surface area contributed by atoms with Gasteiger partial charge in [-0.1, -0.05) is 0 Å². The average molecular weight is 378 g/mol. The second-order valence-corrected chi connectivity index (χ2v) is 5.90. The van der Waals surface area contributed by atoms with Crippen LogP contribution in [0.15, 0.2) is 65.4 Å². The number of anilines is 2. The van der Waals surface area contributed by atoms with Gasteiger partial charge >= 0.3 is 0 Å². The molecule has 0 unspecified atom stereocenters. The van der Waals surface area contributed by atoms with E-state index in [9.17, 15) is 14.4 Å². The lowest BCUT2D eigenvalue weighted by atomic mass is 10.2. The Bertz CT molecular complexity index is 982.